The molecule has 0 unspecified atom stereocenters. The van der Waals surface area contributed by atoms with Crippen LogP contribution in [0.25, 0.3) is 10.8 Å². The Bertz CT molecular complexity index is 716. The molecular weight excluding hydrogens is 345 g/mol. The number of para-hydroxylation sites is 1. The lowest BCUT2D eigenvalue weighted by Crippen LogP contribution is -2.03. The normalized spacial score (nSPS) is 10.6. The molecular formula is C17H14IN. The maximum Gasteiger partial charge on any atom is 0.0646 e. The molecule has 0 heterocycles. The molecule has 0 fully saturated rings. The fraction of sp³-hybridized carbons (Fsp3) is 0.0588. The summed E-state index contributed by atoms with van der Waals surface area (Å²) in [4.78, 5) is 0. The smallest absolute Gasteiger partial charge is 0.0646 e. The largest absolute Gasteiger partial charge is 0.282 e. The van der Waals surface area contributed by atoms with Crippen molar-refractivity contribution < 1.29 is 0 Å². The molecule has 0 aliphatic heterocycles. The van der Waals surface area contributed by atoms with E-state index < -0.39 is 0 Å². The molecule has 0 saturated carbocycles. The van der Waals surface area contributed by atoms with Gasteiger partial charge in [0.1, 0.15) is 0 Å². The zero-order valence-electron chi connectivity index (χ0n) is 10.7. The summed E-state index contributed by atoms with van der Waals surface area (Å²) in [6, 6.07) is 23.4. The van der Waals surface area contributed by atoms with Gasteiger partial charge in [-0.2, -0.15) is 0 Å². The van der Waals surface area contributed by atoms with Gasteiger partial charge in [0.25, 0.3) is 0 Å². The van der Waals surface area contributed by atoms with Gasteiger partial charge in [-0.05, 0) is 30.0 Å². The molecule has 0 aromatic heterocycles. The van der Waals surface area contributed by atoms with Gasteiger partial charge in [0.2, 0.25) is 0 Å². The van der Waals surface area contributed by atoms with Crippen LogP contribution >= 0.6 is 22.9 Å². The second-order valence-electron chi connectivity index (χ2n) is 4.57. The molecule has 94 valence electrons. The predicted molar refractivity (Wildman–Crippen MR) is 91.3 cm³/mol. The number of hydrogen-bond acceptors (Lipinski definition) is 1. The van der Waals surface area contributed by atoms with Gasteiger partial charge in [0.05, 0.1) is 34.2 Å². The van der Waals surface area contributed by atoms with Gasteiger partial charge in [-0.3, -0.25) is 3.11 Å². The SMILES string of the molecule is Cc1ccccc1N(I)c1cccc2ccccc12. The second kappa shape index (κ2) is 5.21. The van der Waals surface area contributed by atoms with E-state index in [-0.39, 0.29) is 0 Å². The number of anilines is 2. The zero-order chi connectivity index (χ0) is 13.2. The van der Waals surface area contributed by atoms with Crippen molar-refractivity contribution in [2.45, 2.75) is 6.92 Å². The van der Waals surface area contributed by atoms with Crippen LogP contribution in [-0.2, 0) is 0 Å². The molecule has 0 aliphatic rings. The van der Waals surface area contributed by atoms with Crippen LogP contribution < -0.4 is 3.11 Å². The molecule has 3 aromatic rings. The number of rotatable bonds is 2. The van der Waals surface area contributed by atoms with Gasteiger partial charge in [0, 0.05) is 5.39 Å². The second-order valence-corrected chi connectivity index (χ2v) is 5.53. The van der Waals surface area contributed by atoms with E-state index >= 15 is 0 Å². The zero-order valence-corrected chi connectivity index (χ0v) is 12.8. The molecule has 19 heavy (non-hydrogen) atoms. The molecule has 0 spiro atoms. The van der Waals surface area contributed by atoms with E-state index in [1.54, 1.807) is 0 Å². The van der Waals surface area contributed by atoms with Crippen LogP contribution in [0.2, 0.25) is 0 Å². The minimum absolute atomic E-state index is 1.23. The summed E-state index contributed by atoms with van der Waals surface area (Å²) in [5.74, 6) is 0. The van der Waals surface area contributed by atoms with Crippen molar-refractivity contribution in [2.24, 2.45) is 0 Å². The molecule has 3 aromatic carbocycles. The topological polar surface area (TPSA) is 3.24 Å². The van der Waals surface area contributed by atoms with E-state index in [1.807, 2.05) is 0 Å². The summed E-state index contributed by atoms with van der Waals surface area (Å²) in [5, 5.41) is 2.55. The van der Waals surface area contributed by atoms with Crippen LogP contribution in [0.5, 0.6) is 0 Å². The lowest BCUT2D eigenvalue weighted by atomic mass is 10.1. The van der Waals surface area contributed by atoms with E-state index in [4.69, 9.17) is 0 Å². The van der Waals surface area contributed by atoms with Crippen molar-refractivity contribution in [2.75, 3.05) is 3.11 Å². The first-order valence-electron chi connectivity index (χ1n) is 6.26. The van der Waals surface area contributed by atoms with Crippen LogP contribution in [0, 0.1) is 6.92 Å². The summed E-state index contributed by atoms with van der Waals surface area (Å²) in [6.07, 6.45) is 0. The number of hydrogen-bond donors (Lipinski definition) is 0. The van der Waals surface area contributed by atoms with E-state index in [0.717, 1.165) is 0 Å². The summed E-state index contributed by atoms with van der Waals surface area (Å²) < 4.78 is 2.23. The number of aryl methyl sites for hydroxylation is 1. The molecule has 0 N–H and O–H groups in total. The van der Waals surface area contributed by atoms with Crippen LogP contribution in [0.4, 0.5) is 11.4 Å². The highest BCUT2D eigenvalue weighted by molar-refractivity contribution is 14.1. The molecule has 3 rings (SSSR count). The van der Waals surface area contributed by atoms with Gasteiger partial charge in [0.15, 0.2) is 0 Å². The van der Waals surface area contributed by atoms with Crippen LogP contribution in [0.15, 0.2) is 66.7 Å². The Hall–Kier alpha value is -1.55. The number of fused-ring (bicyclic) bond motifs is 1. The summed E-state index contributed by atoms with van der Waals surface area (Å²) in [6.45, 7) is 2.14. The lowest BCUT2D eigenvalue weighted by Gasteiger charge is -2.20. The average molecular weight is 359 g/mol. The first-order chi connectivity index (χ1) is 9.27. The maximum absolute atomic E-state index is 2.38. The predicted octanol–water partition coefficient (Wildman–Crippen LogP) is 5.64. The highest BCUT2D eigenvalue weighted by Gasteiger charge is 2.10. The first-order valence-corrected chi connectivity index (χ1v) is 7.23. The molecule has 0 aliphatic carbocycles. The fourth-order valence-corrected chi connectivity index (χ4v) is 3.25. The van der Waals surface area contributed by atoms with Crippen molar-refractivity contribution in [1.29, 1.82) is 0 Å². The first kappa shape index (κ1) is 12.5. The molecule has 1 nitrogen and oxygen atoms in total. The Morgan fingerprint density at radius 2 is 1.37 bits per heavy atom. The Morgan fingerprint density at radius 1 is 0.737 bits per heavy atom. The molecule has 0 radical (unpaired) electrons. The lowest BCUT2D eigenvalue weighted by molar-refractivity contribution is 1.40. The average Bonchev–Trinajstić information content (AvgIpc) is 2.46. The fourth-order valence-electron chi connectivity index (χ4n) is 2.29. The van der Waals surface area contributed by atoms with Crippen LogP contribution in [0.1, 0.15) is 5.56 Å². The monoisotopic (exact) mass is 359 g/mol. The van der Waals surface area contributed by atoms with Crippen molar-refractivity contribution in [3.05, 3.63) is 72.3 Å². The summed E-state index contributed by atoms with van der Waals surface area (Å²) in [5.41, 5.74) is 3.75. The van der Waals surface area contributed by atoms with E-state index in [2.05, 4.69) is 99.6 Å². The summed E-state index contributed by atoms with van der Waals surface area (Å²) in [7, 11) is 0. The number of benzene rings is 3. The van der Waals surface area contributed by atoms with E-state index in [1.165, 1.54) is 27.7 Å². The molecule has 0 amide bonds. The van der Waals surface area contributed by atoms with E-state index in [9.17, 15) is 0 Å². The Labute approximate surface area is 127 Å². The van der Waals surface area contributed by atoms with Gasteiger partial charge in [-0.1, -0.05) is 54.6 Å². The van der Waals surface area contributed by atoms with Gasteiger partial charge < -0.3 is 0 Å². The van der Waals surface area contributed by atoms with Crippen LogP contribution in [0.3, 0.4) is 0 Å². The third-order valence-corrected chi connectivity index (χ3v) is 4.34. The quantitative estimate of drug-likeness (QED) is 0.423. The third-order valence-electron chi connectivity index (χ3n) is 3.31. The molecule has 0 saturated heterocycles. The van der Waals surface area contributed by atoms with Crippen molar-refractivity contribution >= 4 is 45.0 Å². The highest BCUT2D eigenvalue weighted by Crippen LogP contribution is 2.36. The van der Waals surface area contributed by atoms with Gasteiger partial charge >= 0.3 is 0 Å². The maximum atomic E-state index is 2.38. The van der Waals surface area contributed by atoms with Gasteiger partial charge in [-0.15, -0.1) is 0 Å². The highest BCUT2D eigenvalue weighted by atomic mass is 127. The van der Waals surface area contributed by atoms with Gasteiger partial charge in [-0.25, -0.2) is 0 Å². The molecule has 0 atom stereocenters. The molecule has 2 heteroatoms. The Morgan fingerprint density at radius 3 is 2.21 bits per heavy atom. The summed E-state index contributed by atoms with van der Waals surface area (Å²) >= 11 is 2.38. The Kier molecular flexibility index (Phi) is 3.42. The van der Waals surface area contributed by atoms with E-state index in [0.29, 0.717) is 0 Å². The van der Waals surface area contributed by atoms with Crippen LogP contribution in [-0.4, -0.2) is 0 Å². The van der Waals surface area contributed by atoms with Crippen molar-refractivity contribution in [3.63, 3.8) is 0 Å². The number of halogens is 1. The number of nitrogens with zero attached hydrogens (tertiary/aromatic N) is 1. The third kappa shape index (κ3) is 2.32. The minimum atomic E-state index is 1.23. The minimum Gasteiger partial charge on any atom is -0.282 e. The van der Waals surface area contributed by atoms with Crippen molar-refractivity contribution in [3.8, 4) is 0 Å². The molecule has 0 bridgehead atoms. The Balaban J connectivity index is 2.17. The standard InChI is InChI=1S/C17H14IN/c1-13-7-2-5-11-16(13)19(18)17-12-6-9-14-8-3-4-10-15(14)17/h2-12H,1H3. The van der Waals surface area contributed by atoms with Crippen molar-refractivity contribution in [1.82, 2.24) is 0 Å².